The van der Waals surface area contributed by atoms with Crippen molar-refractivity contribution in [3.63, 3.8) is 0 Å². The lowest BCUT2D eigenvalue weighted by molar-refractivity contribution is 0.0950. The van der Waals surface area contributed by atoms with E-state index in [2.05, 4.69) is 10.4 Å². The van der Waals surface area contributed by atoms with Gasteiger partial charge in [-0.25, -0.2) is 0 Å². The Bertz CT molecular complexity index is 390. The molecule has 0 atom stereocenters. The average Bonchev–Trinajstić information content (AvgIpc) is 2.77. The van der Waals surface area contributed by atoms with Crippen molar-refractivity contribution >= 4 is 5.91 Å². The standard InChI is InChI=1S/C13H24N4O2/c1-11-12(10-16-17(11)8-5-6-14)13(18)15-7-3-4-9-19-2/h10H,3-9,14H2,1-2H3,(H,15,18). The number of unbranched alkanes of at least 4 members (excludes halogenated alkanes) is 1. The quantitative estimate of drug-likeness (QED) is 0.646. The van der Waals surface area contributed by atoms with Gasteiger partial charge < -0.3 is 15.8 Å². The van der Waals surface area contributed by atoms with Gasteiger partial charge in [-0.1, -0.05) is 0 Å². The molecule has 108 valence electrons. The van der Waals surface area contributed by atoms with E-state index in [-0.39, 0.29) is 5.91 Å². The Hall–Kier alpha value is -1.40. The first-order valence-electron chi connectivity index (χ1n) is 6.70. The minimum absolute atomic E-state index is 0.0612. The molecule has 1 aromatic heterocycles. The molecule has 1 aromatic rings. The van der Waals surface area contributed by atoms with Crippen molar-refractivity contribution in [2.75, 3.05) is 26.8 Å². The van der Waals surface area contributed by atoms with E-state index in [1.54, 1.807) is 13.3 Å². The van der Waals surface area contributed by atoms with Crippen LogP contribution in [-0.4, -0.2) is 42.5 Å². The molecule has 6 heteroatoms. The van der Waals surface area contributed by atoms with E-state index in [0.29, 0.717) is 18.7 Å². The molecular formula is C13H24N4O2. The molecule has 0 aromatic carbocycles. The molecule has 0 aliphatic rings. The highest BCUT2D eigenvalue weighted by Crippen LogP contribution is 2.07. The van der Waals surface area contributed by atoms with E-state index < -0.39 is 0 Å². The first-order valence-corrected chi connectivity index (χ1v) is 6.70. The normalized spacial score (nSPS) is 10.7. The van der Waals surface area contributed by atoms with Crippen LogP contribution in [0.2, 0.25) is 0 Å². The van der Waals surface area contributed by atoms with Gasteiger partial charge in [0.05, 0.1) is 11.8 Å². The minimum Gasteiger partial charge on any atom is -0.385 e. The summed E-state index contributed by atoms with van der Waals surface area (Å²) in [6, 6.07) is 0. The van der Waals surface area contributed by atoms with Gasteiger partial charge in [-0.3, -0.25) is 9.48 Å². The summed E-state index contributed by atoms with van der Waals surface area (Å²) in [4.78, 5) is 12.0. The molecule has 3 N–H and O–H groups in total. The molecule has 0 spiro atoms. The van der Waals surface area contributed by atoms with Crippen molar-refractivity contribution in [3.8, 4) is 0 Å². The molecular weight excluding hydrogens is 244 g/mol. The van der Waals surface area contributed by atoms with Crippen LogP contribution in [0.25, 0.3) is 0 Å². The second kappa shape index (κ2) is 8.66. The van der Waals surface area contributed by atoms with Crippen LogP contribution in [0, 0.1) is 6.92 Å². The Morgan fingerprint density at radius 2 is 2.26 bits per heavy atom. The highest BCUT2D eigenvalue weighted by atomic mass is 16.5. The topological polar surface area (TPSA) is 82.2 Å². The van der Waals surface area contributed by atoms with Crippen molar-refractivity contribution in [2.24, 2.45) is 5.73 Å². The largest absolute Gasteiger partial charge is 0.385 e. The van der Waals surface area contributed by atoms with Crippen LogP contribution in [-0.2, 0) is 11.3 Å². The van der Waals surface area contributed by atoms with Crippen LogP contribution in [0.5, 0.6) is 0 Å². The lowest BCUT2D eigenvalue weighted by Crippen LogP contribution is -2.25. The van der Waals surface area contributed by atoms with E-state index in [4.69, 9.17) is 10.5 Å². The average molecular weight is 268 g/mol. The van der Waals surface area contributed by atoms with Gasteiger partial charge in [-0.05, 0) is 32.7 Å². The number of aromatic nitrogens is 2. The van der Waals surface area contributed by atoms with Crippen LogP contribution in [0.15, 0.2) is 6.20 Å². The van der Waals surface area contributed by atoms with Crippen molar-refractivity contribution in [1.82, 2.24) is 15.1 Å². The summed E-state index contributed by atoms with van der Waals surface area (Å²) < 4.78 is 6.78. The Balaban J connectivity index is 2.41. The second-order valence-electron chi connectivity index (χ2n) is 4.46. The van der Waals surface area contributed by atoms with Gasteiger partial charge in [0.15, 0.2) is 0 Å². The number of nitrogens with zero attached hydrogens (tertiary/aromatic N) is 2. The van der Waals surface area contributed by atoms with Crippen LogP contribution in [0.1, 0.15) is 35.3 Å². The number of aryl methyl sites for hydroxylation is 1. The smallest absolute Gasteiger partial charge is 0.254 e. The van der Waals surface area contributed by atoms with Crippen LogP contribution < -0.4 is 11.1 Å². The molecule has 1 rings (SSSR count). The Kier molecular flexibility index (Phi) is 7.14. The first-order chi connectivity index (χ1) is 9.20. The zero-order chi connectivity index (χ0) is 14.1. The van der Waals surface area contributed by atoms with Gasteiger partial charge in [-0.15, -0.1) is 0 Å². The molecule has 0 saturated heterocycles. The minimum atomic E-state index is -0.0612. The number of methoxy groups -OCH3 is 1. The molecule has 0 aliphatic heterocycles. The third kappa shape index (κ3) is 5.00. The number of hydrogen-bond acceptors (Lipinski definition) is 4. The molecule has 0 aliphatic carbocycles. The Morgan fingerprint density at radius 3 is 2.95 bits per heavy atom. The van der Waals surface area contributed by atoms with Gasteiger partial charge in [0, 0.05) is 32.5 Å². The van der Waals surface area contributed by atoms with Crippen molar-refractivity contribution in [2.45, 2.75) is 32.7 Å². The summed E-state index contributed by atoms with van der Waals surface area (Å²) in [5, 5.41) is 7.11. The maximum atomic E-state index is 12.0. The predicted octanol–water partition coefficient (Wildman–Crippen LogP) is 0.697. The third-order valence-electron chi connectivity index (χ3n) is 2.98. The number of carbonyl (C=O) groups excluding carboxylic acids is 1. The number of hydrogen-bond donors (Lipinski definition) is 2. The summed E-state index contributed by atoms with van der Waals surface area (Å²) in [5.74, 6) is -0.0612. The van der Waals surface area contributed by atoms with Crippen molar-refractivity contribution in [1.29, 1.82) is 0 Å². The monoisotopic (exact) mass is 268 g/mol. The van der Waals surface area contributed by atoms with Crippen molar-refractivity contribution in [3.05, 3.63) is 17.5 Å². The number of carbonyl (C=O) groups is 1. The van der Waals surface area contributed by atoms with Crippen molar-refractivity contribution < 1.29 is 9.53 Å². The molecule has 0 unspecified atom stereocenters. The lowest BCUT2D eigenvalue weighted by atomic mass is 10.2. The van der Waals surface area contributed by atoms with Crippen LogP contribution in [0.3, 0.4) is 0 Å². The fourth-order valence-electron chi connectivity index (χ4n) is 1.80. The predicted molar refractivity (Wildman–Crippen MR) is 74.1 cm³/mol. The highest BCUT2D eigenvalue weighted by Gasteiger charge is 2.13. The molecule has 0 saturated carbocycles. The molecule has 0 bridgehead atoms. The molecule has 1 heterocycles. The molecule has 19 heavy (non-hydrogen) atoms. The van der Waals surface area contributed by atoms with Gasteiger partial charge in [0.2, 0.25) is 0 Å². The Labute approximate surface area is 114 Å². The van der Waals surface area contributed by atoms with E-state index in [9.17, 15) is 4.79 Å². The highest BCUT2D eigenvalue weighted by molar-refractivity contribution is 5.94. The number of ether oxygens (including phenoxy) is 1. The number of nitrogens with two attached hydrogens (primary N) is 1. The van der Waals surface area contributed by atoms with Crippen LogP contribution >= 0.6 is 0 Å². The first kappa shape index (κ1) is 15.7. The van der Waals surface area contributed by atoms with Gasteiger partial charge >= 0.3 is 0 Å². The van der Waals surface area contributed by atoms with E-state index >= 15 is 0 Å². The van der Waals surface area contributed by atoms with Crippen LogP contribution in [0.4, 0.5) is 0 Å². The third-order valence-corrected chi connectivity index (χ3v) is 2.98. The maximum Gasteiger partial charge on any atom is 0.254 e. The summed E-state index contributed by atoms with van der Waals surface area (Å²) in [7, 11) is 1.68. The lowest BCUT2D eigenvalue weighted by Gasteiger charge is -2.06. The zero-order valence-electron chi connectivity index (χ0n) is 11.8. The van der Waals surface area contributed by atoms with Gasteiger partial charge in [0.1, 0.15) is 0 Å². The van der Waals surface area contributed by atoms with E-state index in [0.717, 1.165) is 38.1 Å². The number of nitrogens with one attached hydrogen (secondary N) is 1. The summed E-state index contributed by atoms with van der Waals surface area (Å²) >= 11 is 0. The van der Waals surface area contributed by atoms with E-state index in [1.807, 2.05) is 11.6 Å². The summed E-state index contributed by atoms with van der Waals surface area (Å²) in [5.41, 5.74) is 7.00. The van der Waals surface area contributed by atoms with E-state index in [1.165, 1.54) is 0 Å². The summed E-state index contributed by atoms with van der Waals surface area (Å²) in [6.07, 6.45) is 4.35. The SMILES string of the molecule is COCCCCNC(=O)c1cnn(CCCN)c1C. The number of amides is 1. The van der Waals surface area contributed by atoms with Gasteiger partial charge in [-0.2, -0.15) is 5.10 Å². The fraction of sp³-hybridized carbons (Fsp3) is 0.692. The molecule has 0 fully saturated rings. The fourth-order valence-corrected chi connectivity index (χ4v) is 1.80. The second-order valence-corrected chi connectivity index (χ2v) is 4.46. The zero-order valence-corrected chi connectivity index (χ0v) is 11.8. The van der Waals surface area contributed by atoms with Gasteiger partial charge in [0.25, 0.3) is 5.91 Å². The molecule has 1 amide bonds. The maximum absolute atomic E-state index is 12.0. The summed E-state index contributed by atoms with van der Waals surface area (Å²) in [6.45, 7) is 4.68. The molecule has 0 radical (unpaired) electrons. The Morgan fingerprint density at radius 1 is 1.47 bits per heavy atom. The number of rotatable bonds is 9. The molecule has 6 nitrogen and oxygen atoms in total.